The molecule has 0 saturated carbocycles. The van der Waals surface area contributed by atoms with Gasteiger partial charge >= 0.3 is 0 Å². The van der Waals surface area contributed by atoms with Crippen molar-refractivity contribution in [3.05, 3.63) is 42.4 Å². The predicted octanol–water partition coefficient (Wildman–Crippen LogP) is 2.26. The number of benzene rings is 1. The van der Waals surface area contributed by atoms with Gasteiger partial charge in [0.25, 0.3) is 0 Å². The van der Waals surface area contributed by atoms with Gasteiger partial charge in [-0.1, -0.05) is 5.16 Å². The van der Waals surface area contributed by atoms with Crippen molar-refractivity contribution in [2.75, 3.05) is 18.2 Å². The van der Waals surface area contributed by atoms with Gasteiger partial charge in [0, 0.05) is 22.8 Å². The Morgan fingerprint density at radius 1 is 1.33 bits per heavy atom. The number of hydrogen-bond acceptors (Lipinski definition) is 6. The molecule has 0 saturated heterocycles. The average molecular weight is 282 g/mol. The highest BCUT2D eigenvalue weighted by Gasteiger charge is 2.08. The molecule has 0 fully saturated rings. The van der Waals surface area contributed by atoms with Crippen LogP contribution < -0.4 is 11.1 Å². The summed E-state index contributed by atoms with van der Waals surface area (Å²) in [7, 11) is 1.46. The van der Waals surface area contributed by atoms with Crippen molar-refractivity contribution in [1.82, 2.24) is 15.0 Å². The summed E-state index contributed by atoms with van der Waals surface area (Å²) in [5, 5.41) is 8.03. The molecular formula is C14H14N6O. The Kier molecular flexibility index (Phi) is 3.38. The van der Waals surface area contributed by atoms with Crippen LogP contribution in [0.1, 0.15) is 5.56 Å². The summed E-state index contributed by atoms with van der Waals surface area (Å²) < 4.78 is 0. The summed E-state index contributed by atoms with van der Waals surface area (Å²) in [5.74, 6) is 0.897. The number of hydrogen-bond donors (Lipinski definition) is 3. The fraction of sp³-hybridized carbons (Fsp3) is 0.0714. The van der Waals surface area contributed by atoms with Gasteiger partial charge in [0.15, 0.2) is 0 Å². The number of fused-ring (bicyclic) bond motifs is 1. The number of rotatable bonds is 4. The molecule has 0 aliphatic heterocycles. The van der Waals surface area contributed by atoms with Crippen molar-refractivity contribution in [3.63, 3.8) is 0 Å². The molecule has 0 radical (unpaired) electrons. The Morgan fingerprint density at radius 2 is 2.24 bits per heavy atom. The zero-order valence-electron chi connectivity index (χ0n) is 11.4. The summed E-state index contributed by atoms with van der Waals surface area (Å²) in [6, 6.07) is 7.96. The number of H-pyrrole nitrogens is 1. The molecule has 7 nitrogen and oxygen atoms in total. The van der Waals surface area contributed by atoms with Gasteiger partial charge in [-0.05, 0) is 24.3 Å². The van der Waals surface area contributed by atoms with Gasteiger partial charge < -0.3 is 20.9 Å². The van der Waals surface area contributed by atoms with E-state index in [0.29, 0.717) is 17.2 Å². The van der Waals surface area contributed by atoms with E-state index >= 15 is 0 Å². The van der Waals surface area contributed by atoms with Crippen LogP contribution in [0.4, 0.5) is 17.3 Å². The Balaban J connectivity index is 1.96. The number of nitrogens with two attached hydrogens (primary N) is 1. The van der Waals surface area contributed by atoms with Crippen molar-refractivity contribution >= 4 is 34.4 Å². The second-order valence-corrected chi connectivity index (χ2v) is 4.34. The number of aromatic amines is 1. The number of nitrogens with one attached hydrogen (secondary N) is 2. The van der Waals surface area contributed by atoms with E-state index in [9.17, 15) is 0 Å². The van der Waals surface area contributed by atoms with Crippen LogP contribution in [0, 0.1) is 0 Å². The molecule has 0 spiro atoms. The van der Waals surface area contributed by atoms with E-state index < -0.39 is 0 Å². The minimum Gasteiger partial charge on any atom is -0.399 e. The van der Waals surface area contributed by atoms with E-state index in [1.807, 2.05) is 30.5 Å². The molecule has 1 aromatic carbocycles. The Hall–Kier alpha value is -3.09. The lowest BCUT2D eigenvalue weighted by molar-refractivity contribution is 0.215. The minimum atomic E-state index is 0.330. The molecule has 106 valence electrons. The van der Waals surface area contributed by atoms with E-state index in [1.54, 1.807) is 0 Å². The maximum atomic E-state index is 5.85. The van der Waals surface area contributed by atoms with Crippen molar-refractivity contribution in [1.29, 1.82) is 0 Å². The molecule has 0 amide bonds. The molecule has 7 heteroatoms. The van der Waals surface area contributed by atoms with Gasteiger partial charge in [0.05, 0.1) is 11.8 Å². The highest BCUT2D eigenvalue weighted by Crippen LogP contribution is 2.23. The molecule has 4 N–H and O–H groups in total. The monoisotopic (exact) mass is 282 g/mol. The van der Waals surface area contributed by atoms with Crippen molar-refractivity contribution in [3.8, 4) is 0 Å². The second kappa shape index (κ2) is 5.49. The molecule has 21 heavy (non-hydrogen) atoms. The maximum absolute atomic E-state index is 5.85. The quantitative estimate of drug-likeness (QED) is 0.503. The van der Waals surface area contributed by atoms with Crippen LogP contribution in [0.15, 0.2) is 41.9 Å². The van der Waals surface area contributed by atoms with Crippen molar-refractivity contribution in [2.24, 2.45) is 5.16 Å². The fourth-order valence-electron chi connectivity index (χ4n) is 2.01. The molecule has 0 aliphatic carbocycles. The zero-order chi connectivity index (χ0) is 14.7. The third kappa shape index (κ3) is 2.62. The first-order valence-corrected chi connectivity index (χ1v) is 6.29. The SMILES string of the molecule is CO/N=C/c1c(N)ncnc1Nc1ccc2[nH]ccc2c1. The standard InChI is InChI=1S/C14H14N6O/c1-21-19-7-11-13(15)17-8-18-14(11)20-10-2-3-12-9(6-10)4-5-16-12/h2-8,16H,1H3,(H3,15,17,18,20)/b19-7+. The topological polar surface area (TPSA) is 101 Å². The number of nitrogens with zero attached hydrogens (tertiary/aromatic N) is 3. The van der Waals surface area contributed by atoms with Crippen molar-refractivity contribution < 1.29 is 4.84 Å². The third-order valence-electron chi connectivity index (χ3n) is 3.02. The number of oxime groups is 1. The molecule has 3 rings (SSSR count). The van der Waals surface area contributed by atoms with Gasteiger partial charge in [-0.15, -0.1) is 0 Å². The molecule has 0 unspecified atom stereocenters. The first-order valence-electron chi connectivity index (χ1n) is 6.29. The van der Waals surface area contributed by atoms with Crippen LogP contribution >= 0.6 is 0 Å². The lowest BCUT2D eigenvalue weighted by Gasteiger charge is -2.09. The summed E-state index contributed by atoms with van der Waals surface area (Å²) in [5.41, 5.74) is 8.39. The predicted molar refractivity (Wildman–Crippen MR) is 82.6 cm³/mol. The summed E-state index contributed by atoms with van der Waals surface area (Å²) in [6.45, 7) is 0. The lowest BCUT2D eigenvalue weighted by atomic mass is 10.2. The Morgan fingerprint density at radius 3 is 3.10 bits per heavy atom. The normalized spacial score (nSPS) is 11.1. The van der Waals surface area contributed by atoms with E-state index in [2.05, 4.69) is 30.3 Å². The molecule has 2 aromatic heterocycles. The van der Waals surface area contributed by atoms with Gasteiger partial charge in [-0.3, -0.25) is 0 Å². The van der Waals surface area contributed by atoms with Crippen LogP contribution in [-0.4, -0.2) is 28.3 Å². The van der Waals surface area contributed by atoms with Crippen LogP contribution in [0.5, 0.6) is 0 Å². The number of nitrogen functional groups attached to an aromatic ring is 1. The van der Waals surface area contributed by atoms with Crippen LogP contribution in [0.3, 0.4) is 0 Å². The van der Waals surface area contributed by atoms with E-state index in [-0.39, 0.29) is 0 Å². The zero-order valence-corrected chi connectivity index (χ0v) is 11.4. The molecule has 2 heterocycles. The highest BCUT2D eigenvalue weighted by molar-refractivity contribution is 5.93. The van der Waals surface area contributed by atoms with Gasteiger partial charge in [0.1, 0.15) is 25.1 Å². The Bertz CT molecular complexity index is 795. The molecule has 0 aliphatic rings. The first-order chi connectivity index (χ1) is 10.3. The van der Waals surface area contributed by atoms with E-state index in [4.69, 9.17) is 5.73 Å². The van der Waals surface area contributed by atoms with Gasteiger partial charge in [-0.25, -0.2) is 9.97 Å². The lowest BCUT2D eigenvalue weighted by Crippen LogP contribution is -2.04. The molecule has 0 atom stereocenters. The first kappa shape index (κ1) is 12.9. The van der Waals surface area contributed by atoms with Crippen LogP contribution in [0.2, 0.25) is 0 Å². The van der Waals surface area contributed by atoms with Crippen LogP contribution in [-0.2, 0) is 4.84 Å². The average Bonchev–Trinajstić information content (AvgIpc) is 2.94. The summed E-state index contributed by atoms with van der Waals surface area (Å²) in [4.78, 5) is 16.0. The van der Waals surface area contributed by atoms with Crippen molar-refractivity contribution in [2.45, 2.75) is 0 Å². The number of aromatic nitrogens is 3. The smallest absolute Gasteiger partial charge is 0.144 e. The van der Waals surface area contributed by atoms with E-state index in [1.165, 1.54) is 19.7 Å². The summed E-state index contributed by atoms with van der Waals surface area (Å²) in [6.07, 6.45) is 4.77. The number of anilines is 3. The maximum Gasteiger partial charge on any atom is 0.144 e. The Labute approximate surface area is 120 Å². The molecule has 3 aromatic rings. The second-order valence-electron chi connectivity index (χ2n) is 4.34. The summed E-state index contributed by atoms with van der Waals surface area (Å²) >= 11 is 0. The van der Waals surface area contributed by atoms with E-state index in [0.717, 1.165) is 16.6 Å². The van der Waals surface area contributed by atoms with Crippen LogP contribution in [0.25, 0.3) is 10.9 Å². The fourth-order valence-corrected chi connectivity index (χ4v) is 2.01. The minimum absolute atomic E-state index is 0.330. The largest absolute Gasteiger partial charge is 0.399 e. The third-order valence-corrected chi connectivity index (χ3v) is 3.02. The molecule has 0 bridgehead atoms. The molecular weight excluding hydrogens is 268 g/mol. The van der Waals surface area contributed by atoms with Gasteiger partial charge in [-0.2, -0.15) is 0 Å². The highest BCUT2D eigenvalue weighted by atomic mass is 16.6. The van der Waals surface area contributed by atoms with Gasteiger partial charge in [0.2, 0.25) is 0 Å².